The molecule has 0 amide bonds. The molecule has 1 aromatic rings. The third-order valence-corrected chi connectivity index (χ3v) is 2.38. The highest BCUT2D eigenvalue weighted by Crippen LogP contribution is 2.21. The fourth-order valence-corrected chi connectivity index (χ4v) is 1.59. The van der Waals surface area contributed by atoms with Crippen LogP contribution in [-0.2, 0) is 0 Å². The van der Waals surface area contributed by atoms with Crippen LogP contribution in [0.2, 0.25) is 0 Å². The van der Waals surface area contributed by atoms with Crippen molar-refractivity contribution in [3.8, 4) is 5.75 Å². The number of rotatable bonds is 2. The highest BCUT2D eigenvalue weighted by molar-refractivity contribution is 5.85. The van der Waals surface area contributed by atoms with E-state index >= 15 is 0 Å². The van der Waals surface area contributed by atoms with Crippen molar-refractivity contribution in [3.63, 3.8) is 0 Å². The van der Waals surface area contributed by atoms with Crippen LogP contribution in [0.1, 0.15) is 12.0 Å². The van der Waals surface area contributed by atoms with Crippen LogP contribution in [0.15, 0.2) is 24.5 Å². The minimum Gasteiger partial charge on any atom is -0.495 e. The summed E-state index contributed by atoms with van der Waals surface area (Å²) < 4.78 is 5.14. The maximum absolute atomic E-state index is 5.14. The molecule has 0 saturated carbocycles. The van der Waals surface area contributed by atoms with E-state index in [9.17, 15) is 0 Å². The van der Waals surface area contributed by atoms with Crippen molar-refractivity contribution in [1.29, 1.82) is 0 Å². The molecule has 2 rings (SSSR count). The second-order valence-electron chi connectivity index (χ2n) is 3.30. The lowest BCUT2D eigenvalue weighted by molar-refractivity contribution is 0.412. The van der Waals surface area contributed by atoms with Gasteiger partial charge in [-0.1, -0.05) is 6.08 Å². The van der Waals surface area contributed by atoms with Gasteiger partial charge in [-0.15, -0.1) is 12.4 Å². The van der Waals surface area contributed by atoms with E-state index in [0.29, 0.717) is 0 Å². The number of nitrogens with zero attached hydrogens (tertiary/aromatic N) is 1. The SMILES string of the molecule is COc1cncc(C2=CCNCC2)c1.Cl. The molecule has 0 fully saturated rings. The van der Waals surface area contributed by atoms with Crippen molar-refractivity contribution < 1.29 is 4.74 Å². The predicted molar refractivity (Wildman–Crippen MR) is 63.5 cm³/mol. The highest BCUT2D eigenvalue weighted by Gasteiger charge is 2.06. The standard InChI is InChI=1S/C11H14N2O.ClH/c1-14-11-6-10(7-13-8-11)9-2-4-12-5-3-9;/h2,6-8,12H,3-5H2,1H3;1H. The molecule has 0 spiro atoms. The smallest absolute Gasteiger partial charge is 0.137 e. The Labute approximate surface area is 96.0 Å². The van der Waals surface area contributed by atoms with E-state index in [1.807, 2.05) is 12.3 Å². The van der Waals surface area contributed by atoms with Crippen LogP contribution in [0.5, 0.6) is 5.75 Å². The van der Waals surface area contributed by atoms with Gasteiger partial charge in [-0.05, 0) is 30.2 Å². The molecule has 2 heterocycles. The lowest BCUT2D eigenvalue weighted by atomic mass is 10.0. The lowest BCUT2D eigenvalue weighted by Gasteiger charge is -2.14. The van der Waals surface area contributed by atoms with Gasteiger partial charge in [-0.25, -0.2) is 0 Å². The number of aromatic nitrogens is 1. The van der Waals surface area contributed by atoms with E-state index in [-0.39, 0.29) is 12.4 Å². The van der Waals surface area contributed by atoms with E-state index < -0.39 is 0 Å². The summed E-state index contributed by atoms with van der Waals surface area (Å²) >= 11 is 0. The van der Waals surface area contributed by atoms with E-state index in [2.05, 4.69) is 16.4 Å². The first-order chi connectivity index (χ1) is 6.90. The molecule has 0 radical (unpaired) electrons. The first kappa shape index (κ1) is 12.0. The van der Waals surface area contributed by atoms with Gasteiger partial charge in [0.25, 0.3) is 0 Å². The Hall–Kier alpha value is -1.06. The first-order valence-corrected chi connectivity index (χ1v) is 4.79. The molecule has 0 aromatic carbocycles. The van der Waals surface area contributed by atoms with E-state index in [0.717, 1.165) is 25.3 Å². The van der Waals surface area contributed by atoms with Gasteiger partial charge in [-0.2, -0.15) is 0 Å². The van der Waals surface area contributed by atoms with Crippen molar-refractivity contribution in [1.82, 2.24) is 10.3 Å². The summed E-state index contributed by atoms with van der Waals surface area (Å²) in [5.41, 5.74) is 2.53. The average Bonchev–Trinajstić information content (AvgIpc) is 2.30. The van der Waals surface area contributed by atoms with E-state index in [1.54, 1.807) is 13.3 Å². The number of halogens is 1. The van der Waals surface area contributed by atoms with Crippen LogP contribution in [0, 0.1) is 0 Å². The topological polar surface area (TPSA) is 34.1 Å². The van der Waals surface area contributed by atoms with Gasteiger partial charge in [-0.3, -0.25) is 4.98 Å². The minimum atomic E-state index is 0. The van der Waals surface area contributed by atoms with Crippen molar-refractivity contribution in [2.75, 3.05) is 20.2 Å². The molecule has 1 aromatic heterocycles. The molecule has 82 valence electrons. The summed E-state index contributed by atoms with van der Waals surface area (Å²) in [6.45, 7) is 2.00. The maximum atomic E-state index is 5.14. The van der Waals surface area contributed by atoms with E-state index in [1.165, 1.54) is 11.1 Å². The Balaban J connectivity index is 0.00000112. The fraction of sp³-hybridized carbons (Fsp3) is 0.364. The number of methoxy groups -OCH3 is 1. The molecular formula is C11H15ClN2O. The Morgan fingerprint density at radius 3 is 2.93 bits per heavy atom. The number of hydrogen-bond acceptors (Lipinski definition) is 3. The molecule has 1 N–H and O–H groups in total. The number of hydrogen-bond donors (Lipinski definition) is 1. The van der Waals surface area contributed by atoms with Gasteiger partial charge in [0.2, 0.25) is 0 Å². The van der Waals surface area contributed by atoms with Crippen molar-refractivity contribution in [2.45, 2.75) is 6.42 Å². The Kier molecular flexibility index (Phi) is 4.59. The molecule has 15 heavy (non-hydrogen) atoms. The van der Waals surface area contributed by atoms with Gasteiger partial charge < -0.3 is 10.1 Å². The summed E-state index contributed by atoms with van der Waals surface area (Å²) in [5.74, 6) is 0.821. The maximum Gasteiger partial charge on any atom is 0.137 e. The number of pyridine rings is 1. The zero-order chi connectivity index (χ0) is 9.80. The van der Waals surface area contributed by atoms with Crippen LogP contribution in [0.25, 0.3) is 5.57 Å². The molecule has 1 aliphatic heterocycles. The van der Waals surface area contributed by atoms with Crippen LogP contribution in [-0.4, -0.2) is 25.2 Å². The third kappa shape index (κ3) is 2.94. The molecule has 0 bridgehead atoms. The first-order valence-electron chi connectivity index (χ1n) is 4.79. The summed E-state index contributed by atoms with van der Waals surface area (Å²) in [6.07, 6.45) is 6.89. The second kappa shape index (κ2) is 5.73. The largest absolute Gasteiger partial charge is 0.495 e. The van der Waals surface area contributed by atoms with Crippen LogP contribution in [0.4, 0.5) is 0 Å². The van der Waals surface area contributed by atoms with Gasteiger partial charge in [0.1, 0.15) is 5.75 Å². The second-order valence-corrected chi connectivity index (χ2v) is 3.30. The van der Waals surface area contributed by atoms with Crippen molar-refractivity contribution in [3.05, 3.63) is 30.1 Å². The normalized spacial score (nSPS) is 15.1. The molecule has 1 aliphatic rings. The molecular weight excluding hydrogens is 212 g/mol. The zero-order valence-electron chi connectivity index (χ0n) is 8.69. The Morgan fingerprint density at radius 1 is 1.40 bits per heavy atom. The molecule has 3 nitrogen and oxygen atoms in total. The van der Waals surface area contributed by atoms with Crippen molar-refractivity contribution >= 4 is 18.0 Å². The van der Waals surface area contributed by atoms with Crippen LogP contribution in [0.3, 0.4) is 0 Å². The molecule has 0 saturated heterocycles. The Bertz CT molecular complexity index is 352. The fourth-order valence-electron chi connectivity index (χ4n) is 1.59. The van der Waals surface area contributed by atoms with Gasteiger partial charge in [0, 0.05) is 12.7 Å². The molecule has 4 heteroatoms. The lowest BCUT2D eigenvalue weighted by Crippen LogP contribution is -2.20. The molecule has 0 aliphatic carbocycles. The predicted octanol–water partition coefficient (Wildman–Crippen LogP) is 1.89. The zero-order valence-corrected chi connectivity index (χ0v) is 9.51. The summed E-state index contributed by atoms with van der Waals surface area (Å²) in [7, 11) is 1.66. The minimum absolute atomic E-state index is 0. The molecule has 0 atom stereocenters. The molecule has 0 unspecified atom stereocenters. The van der Waals surface area contributed by atoms with Gasteiger partial charge in [0.05, 0.1) is 13.3 Å². The summed E-state index contributed by atoms with van der Waals surface area (Å²) in [5, 5.41) is 3.29. The van der Waals surface area contributed by atoms with Gasteiger partial charge in [0.15, 0.2) is 0 Å². The van der Waals surface area contributed by atoms with Crippen LogP contribution >= 0.6 is 12.4 Å². The summed E-state index contributed by atoms with van der Waals surface area (Å²) in [6, 6.07) is 2.03. The quantitative estimate of drug-likeness (QED) is 0.836. The summed E-state index contributed by atoms with van der Waals surface area (Å²) in [4.78, 5) is 4.14. The van der Waals surface area contributed by atoms with Crippen LogP contribution < -0.4 is 10.1 Å². The third-order valence-electron chi connectivity index (χ3n) is 2.38. The van der Waals surface area contributed by atoms with Gasteiger partial charge >= 0.3 is 0 Å². The Morgan fingerprint density at radius 2 is 2.27 bits per heavy atom. The monoisotopic (exact) mass is 226 g/mol. The van der Waals surface area contributed by atoms with Crippen molar-refractivity contribution in [2.24, 2.45) is 0 Å². The average molecular weight is 227 g/mol. The number of ether oxygens (including phenoxy) is 1. The highest BCUT2D eigenvalue weighted by atomic mass is 35.5. The van der Waals surface area contributed by atoms with E-state index in [4.69, 9.17) is 4.74 Å². The number of nitrogens with one attached hydrogen (secondary N) is 1.